The van der Waals surface area contributed by atoms with Gasteiger partial charge in [-0.3, -0.25) is 9.36 Å². The van der Waals surface area contributed by atoms with Gasteiger partial charge >= 0.3 is 0 Å². The SMILES string of the molecule is Cc1cc(Nc2ncc3c(C)c(-c4ccccc4Cl)c(=O)n(C45CC6CC(CC(C6)C4)C5)c3n2)ccc1N1CCC(N(C)C)CC1. The Morgan fingerprint density at radius 1 is 0.957 bits per heavy atom. The van der Waals surface area contributed by atoms with Gasteiger partial charge in [0.1, 0.15) is 5.65 Å². The van der Waals surface area contributed by atoms with Crippen molar-refractivity contribution >= 4 is 40.0 Å². The Labute approximate surface area is 277 Å². The monoisotopic (exact) mass is 636 g/mol. The number of nitrogens with one attached hydrogen (secondary N) is 1. The maximum Gasteiger partial charge on any atom is 0.260 e. The summed E-state index contributed by atoms with van der Waals surface area (Å²) in [5.41, 5.74) is 6.40. The lowest BCUT2D eigenvalue weighted by Gasteiger charge is -2.57. The fourth-order valence-corrected chi connectivity index (χ4v) is 10.2. The number of anilines is 3. The number of aryl methyl sites for hydroxylation is 2. The predicted octanol–water partition coefficient (Wildman–Crippen LogP) is 7.93. The van der Waals surface area contributed by atoms with E-state index in [1.165, 1.54) is 43.4 Å². The second kappa shape index (κ2) is 11.4. The highest BCUT2D eigenvalue weighted by atomic mass is 35.5. The second-order valence-corrected chi connectivity index (χ2v) is 15.4. The Hall–Kier alpha value is -3.42. The molecule has 8 heteroatoms. The summed E-state index contributed by atoms with van der Waals surface area (Å²) >= 11 is 6.74. The molecule has 4 aliphatic carbocycles. The first-order chi connectivity index (χ1) is 22.2. The van der Waals surface area contributed by atoms with Crippen LogP contribution in [-0.4, -0.2) is 52.7 Å². The van der Waals surface area contributed by atoms with Gasteiger partial charge in [-0.1, -0.05) is 29.8 Å². The summed E-state index contributed by atoms with van der Waals surface area (Å²) < 4.78 is 2.11. The largest absolute Gasteiger partial charge is 0.371 e. The molecular formula is C38H45ClN6O. The summed E-state index contributed by atoms with van der Waals surface area (Å²) in [5.74, 6) is 2.59. The van der Waals surface area contributed by atoms with Gasteiger partial charge in [-0.25, -0.2) is 4.98 Å². The lowest BCUT2D eigenvalue weighted by atomic mass is 9.53. The smallest absolute Gasteiger partial charge is 0.260 e. The molecule has 0 spiro atoms. The molecule has 0 radical (unpaired) electrons. The molecule has 5 aliphatic rings. The van der Waals surface area contributed by atoms with Gasteiger partial charge in [-0.15, -0.1) is 0 Å². The molecule has 1 aliphatic heterocycles. The lowest BCUT2D eigenvalue weighted by molar-refractivity contribution is -0.0426. The minimum atomic E-state index is -0.211. The van der Waals surface area contributed by atoms with Gasteiger partial charge < -0.3 is 15.1 Å². The van der Waals surface area contributed by atoms with Crippen LogP contribution in [0.15, 0.2) is 53.5 Å². The van der Waals surface area contributed by atoms with Crippen molar-refractivity contribution in [3.05, 3.63) is 75.2 Å². The van der Waals surface area contributed by atoms with Crippen molar-refractivity contribution in [1.82, 2.24) is 19.4 Å². The van der Waals surface area contributed by atoms with E-state index in [1.807, 2.05) is 37.4 Å². The highest BCUT2D eigenvalue weighted by Gasteiger charge is 2.53. The molecule has 2 aromatic carbocycles. The third kappa shape index (κ3) is 5.02. The van der Waals surface area contributed by atoms with Crippen LogP contribution in [-0.2, 0) is 5.54 Å². The zero-order chi connectivity index (χ0) is 31.7. The quantitative estimate of drug-likeness (QED) is 0.232. The van der Waals surface area contributed by atoms with E-state index in [4.69, 9.17) is 21.6 Å². The van der Waals surface area contributed by atoms with Crippen molar-refractivity contribution in [2.45, 2.75) is 76.8 Å². The van der Waals surface area contributed by atoms with E-state index in [9.17, 15) is 4.79 Å². The first kappa shape index (κ1) is 29.9. The van der Waals surface area contributed by atoms with E-state index in [1.54, 1.807) is 0 Å². The summed E-state index contributed by atoms with van der Waals surface area (Å²) in [6.45, 7) is 6.35. The molecule has 240 valence electrons. The Kier molecular flexibility index (Phi) is 7.41. The zero-order valence-electron chi connectivity index (χ0n) is 27.5. The van der Waals surface area contributed by atoms with Crippen molar-refractivity contribution < 1.29 is 0 Å². The van der Waals surface area contributed by atoms with Crippen molar-refractivity contribution in [2.75, 3.05) is 37.4 Å². The average Bonchev–Trinajstić information content (AvgIpc) is 3.01. The third-order valence-electron chi connectivity index (χ3n) is 11.8. The van der Waals surface area contributed by atoms with E-state index in [0.29, 0.717) is 40.3 Å². The van der Waals surface area contributed by atoms with E-state index < -0.39 is 0 Å². The number of benzene rings is 2. The van der Waals surface area contributed by atoms with Crippen molar-refractivity contribution in [3.8, 4) is 11.1 Å². The van der Waals surface area contributed by atoms with Gasteiger partial charge in [0.25, 0.3) is 5.56 Å². The highest BCUT2D eigenvalue weighted by molar-refractivity contribution is 6.33. The van der Waals surface area contributed by atoms with E-state index in [2.05, 4.69) is 58.9 Å². The minimum Gasteiger partial charge on any atom is -0.371 e. The van der Waals surface area contributed by atoms with Crippen molar-refractivity contribution in [1.29, 1.82) is 0 Å². The van der Waals surface area contributed by atoms with Crippen LogP contribution in [0.5, 0.6) is 0 Å². The summed E-state index contributed by atoms with van der Waals surface area (Å²) in [6.07, 6.45) is 11.3. The second-order valence-electron chi connectivity index (χ2n) is 15.0. The van der Waals surface area contributed by atoms with Crippen LogP contribution < -0.4 is 15.8 Å². The van der Waals surface area contributed by atoms with Gasteiger partial charge in [0.05, 0.1) is 11.1 Å². The number of nitrogens with zero attached hydrogens (tertiary/aromatic N) is 5. The summed E-state index contributed by atoms with van der Waals surface area (Å²) in [7, 11) is 4.37. The molecule has 0 amide bonds. The Morgan fingerprint density at radius 3 is 2.26 bits per heavy atom. The van der Waals surface area contributed by atoms with Gasteiger partial charge in [0, 0.05) is 52.7 Å². The van der Waals surface area contributed by atoms with E-state index >= 15 is 0 Å². The molecule has 7 nitrogen and oxygen atoms in total. The summed E-state index contributed by atoms with van der Waals surface area (Å²) in [4.78, 5) is 29.7. The Morgan fingerprint density at radius 2 is 1.63 bits per heavy atom. The summed E-state index contributed by atoms with van der Waals surface area (Å²) in [5, 5.41) is 5.02. The maximum absolute atomic E-state index is 14.8. The fraction of sp³-hybridized carbons (Fsp3) is 0.500. The van der Waals surface area contributed by atoms with Crippen LogP contribution in [0.1, 0.15) is 62.5 Å². The number of halogens is 1. The molecule has 5 fully saturated rings. The lowest BCUT2D eigenvalue weighted by Crippen LogP contribution is -2.55. The Balaban J connectivity index is 1.19. The number of hydrogen-bond acceptors (Lipinski definition) is 6. The topological polar surface area (TPSA) is 66.3 Å². The van der Waals surface area contributed by atoms with E-state index in [0.717, 1.165) is 60.2 Å². The number of hydrogen-bond donors (Lipinski definition) is 1. The minimum absolute atomic E-state index is 0.0305. The van der Waals surface area contributed by atoms with Crippen molar-refractivity contribution in [2.24, 2.45) is 17.8 Å². The molecule has 4 saturated carbocycles. The molecule has 46 heavy (non-hydrogen) atoms. The number of piperidine rings is 1. The number of aromatic nitrogens is 3. The molecule has 1 saturated heterocycles. The zero-order valence-corrected chi connectivity index (χ0v) is 28.3. The van der Waals surface area contributed by atoms with Crippen LogP contribution in [0.25, 0.3) is 22.2 Å². The van der Waals surface area contributed by atoms with E-state index in [-0.39, 0.29) is 11.1 Å². The Bertz CT molecular complexity index is 1840. The average molecular weight is 637 g/mol. The van der Waals surface area contributed by atoms with Gasteiger partial charge in [-0.05, 0) is 132 Å². The van der Waals surface area contributed by atoms with Crippen LogP contribution in [0.4, 0.5) is 17.3 Å². The molecular weight excluding hydrogens is 592 g/mol. The normalized spacial score (nSPS) is 26.0. The van der Waals surface area contributed by atoms with Crippen LogP contribution >= 0.6 is 11.6 Å². The molecule has 3 heterocycles. The molecule has 0 atom stereocenters. The van der Waals surface area contributed by atoms with Crippen LogP contribution in [0.3, 0.4) is 0 Å². The maximum atomic E-state index is 14.8. The first-order valence-electron chi connectivity index (χ1n) is 17.2. The van der Waals surface area contributed by atoms with Crippen LogP contribution in [0, 0.1) is 31.6 Å². The van der Waals surface area contributed by atoms with Gasteiger partial charge in [0.15, 0.2) is 0 Å². The third-order valence-corrected chi connectivity index (χ3v) is 12.1. The van der Waals surface area contributed by atoms with Gasteiger partial charge in [-0.2, -0.15) is 4.98 Å². The number of rotatable bonds is 6. The van der Waals surface area contributed by atoms with Crippen LogP contribution in [0.2, 0.25) is 5.02 Å². The molecule has 9 rings (SSSR count). The molecule has 0 unspecified atom stereocenters. The molecule has 1 N–H and O–H groups in total. The standard InChI is InChI=1S/C38H45ClN6O/c1-23-15-28(9-10-33(23)44-13-11-29(12-14-44)43(3)4)41-37-40-22-31-24(2)34(30-7-5-6-8-32(30)39)36(46)45(35(31)42-37)38-19-25-16-26(20-38)18-27(17-25)21-38/h5-10,15,22,25-27,29H,11-14,16-21H2,1-4H3,(H,40,41,42). The predicted molar refractivity (Wildman–Crippen MR) is 189 cm³/mol. The number of pyridine rings is 1. The summed E-state index contributed by atoms with van der Waals surface area (Å²) in [6, 6.07) is 14.9. The molecule has 4 aromatic rings. The van der Waals surface area contributed by atoms with Gasteiger partial charge in [0.2, 0.25) is 5.95 Å². The molecule has 2 aromatic heterocycles. The van der Waals surface area contributed by atoms with Crippen molar-refractivity contribution in [3.63, 3.8) is 0 Å². The highest BCUT2D eigenvalue weighted by Crippen LogP contribution is 2.59. The number of fused-ring (bicyclic) bond motifs is 1. The molecule has 4 bridgehead atoms. The fourth-order valence-electron chi connectivity index (χ4n) is 9.97. The first-order valence-corrected chi connectivity index (χ1v) is 17.5.